The Kier molecular flexibility index (Phi) is 4.34. The van der Waals surface area contributed by atoms with Crippen LogP contribution in [-0.4, -0.2) is 29.9 Å². The number of rotatable bonds is 3. The quantitative estimate of drug-likeness (QED) is 0.801. The number of pyridine rings is 1. The van der Waals surface area contributed by atoms with Crippen molar-refractivity contribution >= 4 is 17.5 Å². The first-order valence-corrected chi connectivity index (χ1v) is 10.0. The third-order valence-electron chi connectivity index (χ3n) is 6.07. The molecule has 0 radical (unpaired) electrons. The number of benzene rings is 1. The van der Waals surface area contributed by atoms with Gasteiger partial charge in [-0.05, 0) is 49.1 Å². The number of hydrogen-bond acceptors (Lipinski definition) is 5. The van der Waals surface area contributed by atoms with Gasteiger partial charge in [0.2, 0.25) is 0 Å². The molecule has 29 heavy (non-hydrogen) atoms. The van der Waals surface area contributed by atoms with E-state index in [0.29, 0.717) is 17.1 Å². The first-order chi connectivity index (χ1) is 14.2. The standard InChI is InChI=1S/C23H22N2O4/c1-28-15-8-6-7-14(13-15)20-19-21(26)16-9-2-3-10-17(16)29-22(19)23(27)25(20)18-11-4-5-12-24-18/h4-8,11-13,16-17,20H,2-3,9-10H2,1H3. The van der Waals surface area contributed by atoms with E-state index in [2.05, 4.69) is 4.98 Å². The number of carbonyl (C=O) groups is 2. The molecule has 1 aromatic heterocycles. The number of amides is 1. The molecule has 0 N–H and O–H groups in total. The van der Waals surface area contributed by atoms with Crippen LogP contribution in [0.5, 0.6) is 5.75 Å². The summed E-state index contributed by atoms with van der Waals surface area (Å²) in [5, 5.41) is 0. The number of ether oxygens (including phenoxy) is 2. The summed E-state index contributed by atoms with van der Waals surface area (Å²) < 4.78 is 11.5. The van der Waals surface area contributed by atoms with Crippen molar-refractivity contribution in [1.29, 1.82) is 0 Å². The van der Waals surface area contributed by atoms with Gasteiger partial charge in [-0.15, -0.1) is 0 Å². The molecule has 3 aliphatic rings. The second-order valence-corrected chi connectivity index (χ2v) is 7.70. The molecule has 5 rings (SSSR count). The highest BCUT2D eigenvalue weighted by Crippen LogP contribution is 2.48. The lowest BCUT2D eigenvalue weighted by Gasteiger charge is -2.35. The van der Waals surface area contributed by atoms with Crippen LogP contribution in [0.25, 0.3) is 0 Å². The number of hydrogen-bond donors (Lipinski definition) is 0. The van der Waals surface area contributed by atoms with Crippen LogP contribution in [0, 0.1) is 5.92 Å². The number of aromatic nitrogens is 1. The van der Waals surface area contributed by atoms with Crippen LogP contribution in [0.4, 0.5) is 5.82 Å². The van der Waals surface area contributed by atoms with E-state index >= 15 is 0 Å². The van der Waals surface area contributed by atoms with E-state index in [1.807, 2.05) is 30.3 Å². The number of ketones is 1. The summed E-state index contributed by atoms with van der Waals surface area (Å²) in [5.74, 6) is 0.923. The Labute approximate surface area is 169 Å². The third kappa shape index (κ3) is 2.82. The molecular formula is C23H22N2O4. The fourth-order valence-corrected chi connectivity index (χ4v) is 4.70. The van der Waals surface area contributed by atoms with E-state index in [-0.39, 0.29) is 29.5 Å². The summed E-state index contributed by atoms with van der Waals surface area (Å²) in [5.41, 5.74) is 1.26. The predicted molar refractivity (Wildman–Crippen MR) is 106 cm³/mol. The minimum atomic E-state index is -0.571. The summed E-state index contributed by atoms with van der Waals surface area (Å²) in [6.07, 6.45) is 5.10. The molecule has 0 bridgehead atoms. The number of nitrogens with zero attached hydrogens (tertiary/aromatic N) is 2. The van der Waals surface area contributed by atoms with Crippen LogP contribution in [-0.2, 0) is 14.3 Å². The average Bonchev–Trinajstić information content (AvgIpc) is 3.07. The Morgan fingerprint density at radius 2 is 1.97 bits per heavy atom. The van der Waals surface area contributed by atoms with Crippen molar-refractivity contribution < 1.29 is 19.1 Å². The number of fused-ring (bicyclic) bond motifs is 1. The Morgan fingerprint density at radius 3 is 2.76 bits per heavy atom. The molecule has 1 fully saturated rings. The zero-order valence-electron chi connectivity index (χ0n) is 16.2. The summed E-state index contributed by atoms with van der Waals surface area (Å²) >= 11 is 0. The van der Waals surface area contributed by atoms with Gasteiger partial charge in [-0.1, -0.05) is 24.6 Å². The van der Waals surface area contributed by atoms with Gasteiger partial charge in [-0.3, -0.25) is 14.5 Å². The summed E-state index contributed by atoms with van der Waals surface area (Å²) in [7, 11) is 1.60. The minimum Gasteiger partial charge on any atom is -0.497 e. The second kappa shape index (κ2) is 7.03. The van der Waals surface area contributed by atoms with Crippen molar-refractivity contribution in [1.82, 2.24) is 4.98 Å². The van der Waals surface area contributed by atoms with Crippen molar-refractivity contribution in [3.63, 3.8) is 0 Å². The molecule has 1 saturated carbocycles. The Bertz CT molecular complexity index is 1000. The van der Waals surface area contributed by atoms with Gasteiger partial charge in [-0.25, -0.2) is 4.98 Å². The van der Waals surface area contributed by atoms with E-state index in [9.17, 15) is 9.59 Å². The van der Waals surface area contributed by atoms with Crippen molar-refractivity contribution in [2.45, 2.75) is 37.8 Å². The Morgan fingerprint density at radius 1 is 1.10 bits per heavy atom. The third-order valence-corrected chi connectivity index (χ3v) is 6.07. The first kappa shape index (κ1) is 17.9. The van der Waals surface area contributed by atoms with E-state index in [1.165, 1.54) is 0 Å². The SMILES string of the molecule is COc1cccc(C2C3=C(OC4CCCCC4C3=O)C(=O)N2c2ccccn2)c1. The maximum Gasteiger partial charge on any atom is 0.295 e. The molecule has 1 aromatic carbocycles. The van der Waals surface area contributed by atoms with Crippen molar-refractivity contribution in [3.05, 3.63) is 65.6 Å². The van der Waals surface area contributed by atoms with E-state index in [0.717, 1.165) is 31.2 Å². The molecule has 148 valence electrons. The zero-order chi connectivity index (χ0) is 20.0. The van der Waals surface area contributed by atoms with E-state index < -0.39 is 6.04 Å². The fourth-order valence-electron chi connectivity index (χ4n) is 4.70. The minimum absolute atomic E-state index is 0.0375. The first-order valence-electron chi connectivity index (χ1n) is 10.0. The Hall–Kier alpha value is -3.15. The van der Waals surface area contributed by atoms with Crippen molar-refractivity contribution in [2.75, 3.05) is 12.0 Å². The van der Waals surface area contributed by atoms with Crippen LogP contribution in [0.2, 0.25) is 0 Å². The molecule has 3 heterocycles. The van der Waals surface area contributed by atoms with Gasteiger partial charge < -0.3 is 9.47 Å². The molecule has 0 saturated heterocycles. The lowest BCUT2D eigenvalue weighted by Crippen LogP contribution is -2.39. The molecular weight excluding hydrogens is 368 g/mol. The smallest absolute Gasteiger partial charge is 0.295 e. The molecule has 1 amide bonds. The average molecular weight is 390 g/mol. The Balaban J connectivity index is 1.66. The highest BCUT2D eigenvalue weighted by molar-refractivity contribution is 6.17. The molecule has 0 spiro atoms. The number of carbonyl (C=O) groups excluding carboxylic acids is 2. The van der Waals surface area contributed by atoms with Crippen molar-refractivity contribution in [3.8, 4) is 5.75 Å². The lowest BCUT2D eigenvalue weighted by molar-refractivity contribution is -0.131. The number of anilines is 1. The second-order valence-electron chi connectivity index (χ2n) is 7.70. The van der Waals surface area contributed by atoms with Gasteiger partial charge in [0.05, 0.1) is 24.6 Å². The highest BCUT2D eigenvalue weighted by Gasteiger charge is 2.52. The highest BCUT2D eigenvalue weighted by atomic mass is 16.5. The number of Topliss-reactive ketones (excluding diaryl/α,β-unsaturated/α-hetero) is 1. The molecule has 1 aliphatic carbocycles. The molecule has 2 aromatic rings. The summed E-state index contributed by atoms with van der Waals surface area (Å²) in [6.45, 7) is 0. The fraction of sp³-hybridized carbons (Fsp3) is 0.348. The topological polar surface area (TPSA) is 68.7 Å². The lowest BCUT2D eigenvalue weighted by atomic mass is 9.77. The maximum absolute atomic E-state index is 13.5. The summed E-state index contributed by atoms with van der Waals surface area (Å²) in [4.78, 5) is 32.9. The molecule has 6 heteroatoms. The molecule has 3 unspecified atom stereocenters. The van der Waals surface area contributed by atoms with Crippen LogP contribution in [0.1, 0.15) is 37.3 Å². The van der Waals surface area contributed by atoms with Gasteiger partial charge >= 0.3 is 0 Å². The maximum atomic E-state index is 13.5. The van der Waals surface area contributed by atoms with Gasteiger partial charge in [-0.2, -0.15) is 0 Å². The van der Waals surface area contributed by atoms with E-state index in [4.69, 9.17) is 9.47 Å². The van der Waals surface area contributed by atoms with Gasteiger partial charge in [0.15, 0.2) is 11.5 Å². The largest absolute Gasteiger partial charge is 0.497 e. The zero-order valence-corrected chi connectivity index (χ0v) is 16.2. The summed E-state index contributed by atoms with van der Waals surface area (Å²) in [6, 6.07) is 12.3. The predicted octanol–water partition coefficient (Wildman–Crippen LogP) is 3.59. The van der Waals surface area contributed by atoms with Crippen LogP contribution in [0.3, 0.4) is 0 Å². The van der Waals surface area contributed by atoms with Crippen molar-refractivity contribution in [2.24, 2.45) is 5.92 Å². The van der Waals surface area contributed by atoms with Gasteiger partial charge in [0.25, 0.3) is 5.91 Å². The van der Waals surface area contributed by atoms with Crippen LogP contribution in [0.15, 0.2) is 60.0 Å². The molecule has 3 atom stereocenters. The van der Waals surface area contributed by atoms with E-state index in [1.54, 1.807) is 30.3 Å². The molecule has 2 aliphatic heterocycles. The van der Waals surface area contributed by atoms with Gasteiger partial charge in [0, 0.05) is 6.20 Å². The molecule has 6 nitrogen and oxygen atoms in total. The van der Waals surface area contributed by atoms with Crippen LogP contribution < -0.4 is 9.64 Å². The monoisotopic (exact) mass is 390 g/mol. The normalized spacial score (nSPS) is 26.1. The van der Waals surface area contributed by atoms with Crippen LogP contribution >= 0.6 is 0 Å². The van der Waals surface area contributed by atoms with Gasteiger partial charge in [0.1, 0.15) is 17.7 Å². The number of methoxy groups -OCH3 is 1.